The molecule has 0 aromatic carbocycles. The summed E-state index contributed by atoms with van der Waals surface area (Å²) >= 11 is 0. The van der Waals surface area contributed by atoms with Gasteiger partial charge >= 0.3 is 16.5 Å². The highest BCUT2D eigenvalue weighted by atomic mass is 32.2. The van der Waals surface area contributed by atoms with E-state index >= 15 is 0 Å². The first-order chi connectivity index (χ1) is 5.15. The number of carbonyl (C=O) groups is 1. The van der Waals surface area contributed by atoms with E-state index in [4.69, 9.17) is 5.26 Å². The highest BCUT2D eigenvalue weighted by Crippen LogP contribution is 2.16. The maximum atomic E-state index is 10.6. The molecule has 1 aliphatic rings. The van der Waals surface area contributed by atoms with E-state index in [-0.39, 0.29) is 6.54 Å². The van der Waals surface area contributed by atoms with Crippen LogP contribution in [0, 0.1) is 11.3 Å². The zero-order chi connectivity index (χ0) is 8.43. The number of carbonyl (C=O) groups excluding carboxylic acids is 1. The summed E-state index contributed by atoms with van der Waals surface area (Å²) in [5.41, 5.74) is 0. The van der Waals surface area contributed by atoms with Crippen LogP contribution in [0.3, 0.4) is 0 Å². The molecular formula is C4H3N3O3S. The smallest absolute Gasteiger partial charge is 0.301 e. The molecule has 7 heteroatoms. The standard InChI is InChI=1S/C4H3N3O3S/c5-1-3-2-7(3)4(8)6-11(9)10/h3H,2H2. The van der Waals surface area contributed by atoms with Crippen LogP contribution >= 0.6 is 0 Å². The van der Waals surface area contributed by atoms with Crippen LogP contribution in [0.25, 0.3) is 0 Å². The van der Waals surface area contributed by atoms with Crippen molar-refractivity contribution in [3.05, 3.63) is 0 Å². The van der Waals surface area contributed by atoms with Crippen LogP contribution in [0.5, 0.6) is 0 Å². The molecule has 11 heavy (non-hydrogen) atoms. The van der Waals surface area contributed by atoms with E-state index in [0.29, 0.717) is 0 Å². The minimum Gasteiger partial charge on any atom is -0.301 e. The molecule has 1 rings (SSSR count). The Balaban J connectivity index is 2.62. The molecule has 0 radical (unpaired) electrons. The van der Waals surface area contributed by atoms with Crippen LogP contribution in [0.4, 0.5) is 4.79 Å². The third kappa shape index (κ3) is 1.75. The van der Waals surface area contributed by atoms with Crippen molar-refractivity contribution in [2.75, 3.05) is 6.54 Å². The first-order valence-electron chi connectivity index (χ1n) is 2.66. The number of nitriles is 1. The summed E-state index contributed by atoms with van der Waals surface area (Å²) in [4.78, 5) is 11.7. The Kier molecular flexibility index (Phi) is 1.87. The van der Waals surface area contributed by atoms with E-state index in [1.807, 2.05) is 0 Å². The lowest BCUT2D eigenvalue weighted by Gasteiger charge is -1.87. The zero-order valence-corrected chi connectivity index (χ0v) is 6.08. The van der Waals surface area contributed by atoms with E-state index in [1.54, 1.807) is 6.07 Å². The molecular weight excluding hydrogens is 170 g/mol. The van der Waals surface area contributed by atoms with Crippen molar-refractivity contribution in [2.45, 2.75) is 6.04 Å². The molecule has 1 heterocycles. The van der Waals surface area contributed by atoms with Gasteiger partial charge in [-0.3, -0.25) is 0 Å². The maximum Gasteiger partial charge on any atom is 0.359 e. The lowest BCUT2D eigenvalue weighted by molar-refractivity contribution is 0.238. The van der Waals surface area contributed by atoms with Crippen molar-refractivity contribution in [2.24, 2.45) is 4.36 Å². The van der Waals surface area contributed by atoms with E-state index < -0.39 is 22.6 Å². The zero-order valence-electron chi connectivity index (χ0n) is 5.26. The SMILES string of the molecule is N#CC1CN1C(=O)N=S(=O)=O. The van der Waals surface area contributed by atoms with Gasteiger partial charge in [0.1, 0.15) is 6.04 Å². The second-order valence-electron chi connectivity index (χ2n) is 1.89. The minimum absolute atomic E-state index is 0.274. The Morgan fingerprint density at radius 3 is 2.73 bits per heavy atom. The number of rotatable bonds is 0. The van der Waals surface area contributed by atoms with Crippen molar-refractivity contribution in [3.8, 4) is 6.07 Å². The van der Waals surface area contributed by atoms with E-state index in [1.165, 1.54) is 0 Å². The molecule has 0 bridgehead atoms. The molecule has 6 nitrogen and oxygen atoms in total. The van der Waals surface area contributed by atoms with Gasteiger partial charge in [0.2, 0.25) is 0 Å². The molecule has 0 aromatic rings. The second-order valence-corrected chi connectivity index (χ2v) is 2.51. The van der Waals surface area contributed by atoms with Crippen LogP contribution in [-0.4, -0.2) is 31.9 Å². The molecule has 2 amide bonds. The predicted molar refractivity (Wildman–Crippen MR) is 32.9 cm³/mol. The topological polar surface area (TPSA) is 90.4 Å². The van der Waals surface area contributed by atoms with Gasteiger partial charge < -0.3 is 4.90 Å². The third-order valence-electron chi connectivity index (χ3n) is 1.16. The molecule has 0 N–H and O–H groups in total. The van der Waals surface area contributed by atoms with Crippen LogP contribution in [0.15, 0.2) is 4.36 Å². The summed E-state index contributed by atoms with van der Waals surface area (Å²) in [6.45, 7) is 0.274. The summed E-state index contributed by atoms with van der Waals surface area (Å²) in [7, 11) is -2.72. The molecule has 1 atom stereocenters. The second kappa shape index (κ2) is 2.67. The normalized spacial score (nSPS) is 20.3. The summed E-state index contributed by atoms with van der Waals surface area (Å²) in [6, 6.07) is 0.426. The summed E-state index contributed by atoms with van der Waals surface area (Å²) in [5, 5.41) is 8.22. The Bertz CT molecular complexity index is 343. The van der Waals surface area contributed by atoms with Gasteiger partial charge in [0.15, 0.2) is 0 Å². The van der Waals surface area contributed by atoms with E-state index in [9.17, 15) is 13.2 Å². The van der Waals surface area contributed by atoms with Gasteiger partial charge in [0, 0.05) is 0 Å². The van der Waals surface area contributed by atoms with Gasteiger partial charge in [0.05, 0.1) is 12.6 Å². The molecule has 0 saturated carbocycles. The lowest BCUT2D eigenvalue weighted by atomic mass is 10.5. The molecule has 1 fully saturated rings. The maximum absolute atomic E-state index is 10.6. The van der Waals surface area contributed by atoms with Crippen molar-refractivity contribution in [1.82, 2.24) is 4.90 Å². The molecule has 58 valence electrons. The monoisotopic (exact) mass is 173 g/mol. The largest absolute Gasteiger partial charge is 0.359 e. The third-order valence-corrected chi connectivity index (χ3v) is 1.46. The quantitative estimate of drug-likeness (QED) is 0.456. The van der Waals surface area contributed by atoms with Gasteiger partial charge in [-0.05, 0) is 0 Å². The molecule has 0 aliphatic carbocycles. The summed E-state index contributed by atoms with van der Waals surface area (Å²) in [6.07, 6.45) is 0. The Morgan fingerprint density at radius 2 is 2.36 bits per heavy atom. The van der Waals surface area contributed by atoms with E-state index in [0.717, 1.165) is 4.90 Å². The van der Waals surface area contributed by atoms with E-state index in [2.05, 4.69) is 4.36 Å². The first-order valence-corrected chi connectivity index (χ1v) is 3.69. The van der Waals surface area contributed by atoms with Crippen molar-refractivity contribution in [3.63, 3.8) is 0 Å². The fourth-order valence-electron chi connectivity index (χ4n) is 0.577. The Morgan fingerprint density at radius 1 is 1.73 bits per heavy atom. The number of hydrogen-bond acceptors (Lipinski definition) is 4. The van der Waals surface area contributed by atoms with Crippen molar-refractivity contribution in [1.29, 1.82) is 5.26 Å². The van der Waals surface area contributed by atoms with Crippen molar-refractivity contribution < 1.29 is 13.2 Å². The fourth-order valence-corrected chi connectivity index (χ4v) is 0.810. The van der Waals surface area contributed by atoms with Gasteiger partial charge in [0.25, 0.3) is 0 Å². The molecule has 1 aliphatic heterocycles. The van der Waals surface area contributed by atoms with Crippen LogP contribution in [0.1, 0.15) is 0 Å². The van der Waals surface area contributed by atoms with Gasteiger partial charge in [-0.25, -0.2) is 4.79 Å². The average Bonchev–Trinajstić information content (AvgIpc) is 2.63. The van der Waals surface area contributed by atoms with Crippen LogP contribution in [0.2, 0.25) is 0 Å². The van der Waals surface area contributed by atoms with Gasteiger partial charge in [-0.2, -0.15) is 13.7 Å². The highest BCUT2D eigenvalue weighted by Gasteiger charge is 2.38. The number of urea groups is 1. The number of amides is 2. The van der Waals surface area contributed by atoms with Crippen LogP contribution in [-0.2, 0) is 10.5 Å². The van der Waals surface area contributed by atoms with Crippen LogP contribution < -0.4 is 0 Å². The molecule has 1 saturated heterocycles. The first kappa shape index (κ1) is 7.68. The molecule has 0 aromatic heterocycles. The number of hydrogen-bond donors (Lipinski definition) is 0. The summed E-state index contributed by atoms with van der Waals surface area (Å²) < 4.78 is 22.4. The highest BCUT2D eigenvalue weighted by molar-refractivity contribution is 7.62. The van der Waals surface area contributed by atoms with Gasteiger partial charge in [-0.15, -0.1) is 0 Å². The lowest BCUT2D eigenvalue weighted by Crippen LogP contribution is -2.06. The Hall–Kier alpha value is -1.42. The average molecular weight is 173 g/mol. The molecule has 1 unspecified atom stereocenters. The fraction of sp³-hybridized carbons (Fsp3) is 0.500. The molecule has 0 spiro atoms. The predicted octanol–water partition coefficient (Wildman–Crippen LogP) is -0.623. The Labute approximate surface area is 63.7 Å². The van der Waals surface area contributed by atoms with Crippen molar-refractivity contribution >= 4 is 16.5 Å². The summed E-state index contributed by atoms with van der Waals surface area (Å²) in [5.74, 6) is 0. The minimum atomic E-state index is -2.72. The van der Waals surface area contributed by atoms with Gasteiger partial charge in [-0.1, -0.05) is 4.36 Å². The number of nitrogens with zero attached hydrogens (tertiary/aromatic N) is 3.